The molecule has 4 aromatic carbocycles. The lowest BCUT2D eigenvalue weighted by Crippen LogP contribution is -2.43. The SMILES string of the molecule is COc1ccc(CC2c3cc(OC)c(OC)cc3CCN2CC(=O)NCc2cccc3ccccc23)cc1OC. The zero-order chi connectivity index (χ0) is 28.1. The molecule has 1 atom stereocenters. The maximum absolute atomic E-state index is 13.3. The van der Waals surface area contributed by atoms with Crippen LogP contribution in [0.1, 0.15) is 28.3 Å². The molecule has 7 nitrogen and oxygen atoms in total. The summed E-state index contributed by atoms with van der Waals surface area (Å²) in [7, 11) is 6.57. The Morgan fingerprint density at radius 3 is 2.30 bits per heavy atom. The molecule has 0 aromatic heterocycles. The smallest absolute Gasteiger partial charge is 0.234 e. The van der Waals surface area contributed by atoms with Crippen molar-refractivity contribution in [3.05, 3.63) is 95.1 Å². The number of hydrogen-bond acceptors (Lipinski definition) is 6. The van der Waals surface area contributed by atoms with Crippen LogP contribution in [-0.4, -0.2) is 52.3 Å². The Morgan fingerprint density at radius 1 is 0.825 bits per heavy atom. The van der Waals surface area contributed by atoms with Crippen molar-refractivity contribution in [2.45, 2.75) is 25.4 Å². The molecular formula is C33H36N2O5. The number of nitrogens with zero attached hydrogens (tertiary/aromatic N) is 1. The van der Waals surface area contributed by atoms with E-state index in [9.17, 15) is 4.79 Å². The van der Waals surface area contributed by atoms with Crippen LogP contribution in [0.15, 0.2) is 72.8 Å². The predicted octanol–water partition coefficient (Wildman–Crippen LogP) is 5.33. The molecule has 0 saturated heterocycles. The molecule has 0 fully saturated rings. The molecule has 0 bridgehead atoms. The average molecular weight is 541 g/mol. The zero-order valence-corrected chi connectivity index (χ0v) is 23.5. The number of carbonyl (C=O) groups excluding carboxylic acids is 1. The molecule has 1 heterocycles. The third-order valence-electron chi connectivity index (χ3n) is 7.69. The number of carbonyl (C=O) groups is 1. The summed E-state index contributed by atoms with van der Waals surface area (Å²) in [6, 6.07) is 24.5. The van der Waals surface area contributed by atoms with Gasteiger partial charge in [-0.2, -0.15) is 0 Å². The first kappa shape index (κ1) is 27.3. The number of rotatable bonds is 10. The normalized spacial score (nSPS) is 14.8. The molecule has 1 aliphatic rings. The lowest BCUT2D eigenvalue weighted by molar-refractivity contribution is -0.123. The quantitative estimate of drug-likeness (QED) is 0.293. The Kier molecular flexibility index (Phi) is 8.41. The van der Waals surface area contributed by atoms with Gasteiger partial charge in [-0.25, -0.2) is 0 Å². The summed E-state index contributed by atoms with van der Waals surface area (Å²) in [6.45, 7) is 1.52. The fourth-order valence-corrected chi connectivity index (χ4v) is 5.62. The molecule has 0 spiro atoms. The monoisotopic (exact) mass is 540 g/mol. The number of nitrogens with one attached hydrogen (secondary N) is 1. The topological polar surface area (TPSA) is 69.3 Å². The average Bonchev–Trinajstić information content (AvgIpc) is 3.00. The van der Waals surface area contributed by atoms with Crippen molar-refractivity contribution in [1.29, 1.82) is 0 Å². The summed E-state index contributed by atoms with van der Waals surface area (Å²) in [5, 5.41) is 5.48. The van der Waals surface area contributed by atoms with Gasteiger partial charge >= 0.3 is 0 Å². The maximum atomic E-state index is 13.3. The van der Waals surface area contributed by atoms with Crippen LogP contribution in [0.2, 0.25) is 0 Å². The minimum atomic E-state index is -0.0371. The maximum Gasteiger partial charge on any atom is 0.234 e. The first-order valence-electron chi connectivity index (χ1n) is 13.5. The van der Waals surface area contributed by atoms with Crippen LogP contribution >= 0.6 is 0 Å². The largest absolute Gasteiger partial charge is 0.493 e. The van der Waals surface area contributed by atoms with Crippen molar-refractivity contribution < 1.29 is 23.7 Å². The van der Waals surface area contributed by atoms with E-state index in [1.807, 2.05) is 30.3 Å². The second-order valence-corrected chi connectivity index (χ2v) is 9.95. The van der Waals surface area contributed by atoms with Crippen LogP contribution < -0.4 is 24.3 Å². The van der Waals surface area contributed by atoms with E-state index in [1.54, 1.807) is 28.4 Å². The third kappa shape index (κ3) is 5.70. The predicted molar refractivity (Wildman–Crippen MR) is 157 cm³/mol. The lowest BCUT2D eigenvalue weighted by Gasteiger charge is -2.37. The summed E-state index contributed by atoms with van der Waals surface area (Å²) in [6.07, 6.45) is 1.51. The number of ether oxygens (including phenoxy) is 4. The molecule has 7 heteroatoms. The molecule has 40 heavy (non-hydrogen) atoms. The molecule has 1 N–H and O–H groups in total. The molecule has 1 aliphatic heterocycles. The van der Waals surface area contributed by atoms with E-state index in [2.05, 4.69) is 52.7 Å². The van der Waals surface area contributed by atoms with Gasteiger partial charge in [-0.1, -0.05) is 48.5 Å². The molecule has 0 radical (unpaired) electrons. The van der Waals surface area contributed by atoms with E-state index in [0.717, 1.165) is 35.0 Å². The van der Waals surface area contributed by atoms with E-state index < -0.39 is 0 Å². The van der Waals surface area contributed by atoms with E-state index in [-0.39, 0.29) is 18.5 Å². The Morgan fingerprint density at radius 2 is 1.52 bits per heavy atom. The second kappa shape index (κ2) is 12.3. The molecule has 1 amide bonds. The standard InChI is InChI=1S/C33H36N2O5/c1-37-29-13-12-22(17-30(29)38-2)16-28-27-19-32(40-4)31(39-3)18-24(27)14-15-35(28)21-33(36)34-20-25-10-7-9-23-8-5-6-11-26(23)25/h5-13,17-19,28H,14-16,20-21H2,1-4H3,(H,34,36). The summed E-state index contributed by atoms with van der Waals surface area (Å²) in [5.41, 5.74) is 4.54. The number of fused-ring (bicyclic) bond motifs is 2. The van der Waals surface area contributed by atoms with E-state index >= 15 is 0 Å². The highest BCUT2D eigenvalue weighted by Gasteiger charge is 2.31. The number of benzene rings is 4. The minimum Gasteiger partial charge on any atom is -0.493 e. The first-order chi connectivity index (χ1) is 19.5. The van der Waals surface area contributed by atoms with E-state index in [4.69, 9.17) is 18.9 Å². The van der Waals surface area contributed by atoms with Crippen LogP contribution in [0.25, 0.3) is 10.8 Å². The van der Waals surface area contributed by atoms with Gasteiger partial charge in [-0.05, 0) is 70.1 Å². The van der Waals surface area contributed by atoms with Crippen molar-refractivity contribution in [3.63, 3.8) is 0 Å². The minimum absolute atomic E-state index is 0.00540. The van der Waals surface area contributed by atoms with Gasteiger partial charge in [-0.3, -0.25) is 9.69 Å². The van der Waals surface area contributed by atoms with Gasteiger partial charge in [0.2, 0.25) is 5.91 Å². The van der Waals surface area contributed by atoms with Crippen LogP contribution in [0, 0.1) is 0 Å². The van der Waals surface area contributed by atoms with Crippen molar-refractivity contribution in [3.8, 4) is 23.0 Å². The number of methoxy groups -OCH3 is 4. The molecule has 208 valence electrons. The fourth-order valence-electron chi connectivity index (χ4n) is 5.62. The van der Waals surface area contributed by atoms with Crippen molar-refractivity contribution >= 4 is 16.7 Å². The Balaban J connectivity index is 1.40. The van der Waals surface area contributed by atoms with Gasteiger partial charge in [0, 0.05) is 19.1 Å². The van der Waals surface area contributed by atoms with Gasteiger partial charge in [0.05, 0.1) is 35.0 Å². The first-order valence-corrected chi connectivity index (χ1v) is 13.5. The molecule has 0 aliphatic carbocycles. The zero-order valence-electron chi connectivity index (χ0n) is 23.5. The van der Waals surface area contributed by atoms with Crippen molar-refractivity contribution in [2.24, 2.45) is 0 Å². The van der Waals surface area contributed by atoms with E-state index in [1.165, 1.54) is 10.9 Å². The highest BCUT2D eigenvalue weighted by atomic mass is 16.5. The highest BCUT2D eigenvalue weighted by molar-refractivity contribution is 5.86. The number of hydrogen-bond donors (Lipinski definition) is 1. The summed E-state index contributed by atoms with van der Waals surface area (Å²) in [5.74, 6) is 2.76. The van der Waals surface area contributed by atoms with E-state index in [0.29, 0.717) is 36.0 Å². The van der Waals surface area contributed by atoms with Gasteiger partial charge < -0.3 is 24.3 Å². The highest BCUT2D eigenvalue weighted by Crippen LogP contribution is 2.40. The van der Waals surface area contributed by atoms with Crippen molar-refractivity contribution in [1.82, 2.24) is 10.2 Å². The lowest BCUT2D eigenvalue weighted by atomic mass is 9.88. The number of amides is 1. The van der Waals surface area contributed by atoms with Gasteiger partial charge in [0.15, 0.2) is 23.0 Å². The van der Waals surface area contributed by atoms with Gasteiger partial charge in [0.1, 0.15) is 0 Å². The second-order valence-electron chi connectivity index (χ2n) is 9.95. The van der Waals surface area contributed by atoms with Crippen LogP contribution in [0.5, 0.6) is 23.0 Å². The molecular weight excluding hydrogens is 504 g/mol. The Hall–Kier alpha value is -4.23. The Bertz CT molecular complexity index is 1500. The summed E-state index contributed by atoms with van der Waals surface area (Å²) >= 11 is 0. The summed E-state index contributed by atoms with van der Waals surface area (Å²) < 4.78 is 22.2. The van der Waals surface area contributed by atoms with Crippen molar-refractivity contribution in [2.75, 3.05) is 41.5 Å². The fraction of sp³-hybridized carbons (Fsp3) is 0.303. The van der Waals surface area contributed by atoms with Gasteiger partial charge in [-0.15, -0.1) is 0 Å². The molecule has 0 saturated carbocycles. The third-order valence-corrected chi connectivity index (χ3v) is 7.69. The summed E-state index contributed by atoms with van der Waals surface area (Å²) in [4.78, 5) is 15.6. The molecule has 1 unspecified atom stereocenters. The Labute approximate surface area is 235 Å². The van der Waals surface area contributed by atoms with Crippen LogP contribution in [-0.2, 0) is 24.2 Å². The van der Waals surface area contributed by atoms with Crippen LogP contribution in [0.3, 0.4) is 0 Å². The molecule has 5 rings (SSSR count). The van der Waals surface area contributed by atoms with Crippen LogP contribution in [0.4, 0.5) is 0 Å². The van der Waals surface area contributed by atoms with Gasteiger partial charge in [0.25, 0.3) is 0 Å². The molecule has 4 aromatic rings.